The Bertz CT molecular complexity index is 425. The molecule has 0 aliphatic carbocycles. The van der Waals surface area contributed by atoms with Crippen LogP contribution in [0.25, 0.3) is 0 Å². The van der Waals surface area contributed by atoms with Crippen molar-refractivity contribution in [1.82, 2.24) is 10.2 Å². The molecule has 1 fully saturated rings. The van der Waals surface area contributed by atoms with Gasteiger partial charge in [-0.3, -0.25) is 4.79 Å². The van der Waals surface area contributed by atoms with Crippen molar-refractivity contribution in [2.45, 2.75) is 25.3 Å². The standard InChI is InChI=1S/C13H18N2O3S/c1-18-13(17)15-6-4-10(5-7-15)14-12(16)9-11-3-2-8-19-11/h2-3,8,10H,4-7,9H2,1H3,(H,14,16). The molecule has 6 heteroatoms. The number of hydrogen-bond acceptors (Lipinski definition) is 4. The van der Waals surface area contributed by atoms with Crippen LogP contribution in [0.15, 0.2) is 17.5 Å². The number of rotatable bonds is 3. The molecule has 1 aliphatic heterocycles. The number of methoxy groups -OCH3 is 1. The molecule has 1 aromatic rings. The van der Waals surface area contributed by atoms with Crippen LogP contribution < -0.4 is 5.32 Å². The van der Waals surface area contributed by atoms with Crippen LogP contribution in [-0.2, 0) is 16.0 Å². The van der Waals surface area contributed by atoms with Gasteiger partial charge in [0.1, 0.15) is 0 Å². The number of amides is 2. The Morgan fingerprint density at radius 1 is 1.47 bits per heavy atom. The molecular weight excluding hydrogens is 264 g/mol. The maximum absolute atomic E-state index is 11.8. The fourth-order valence-electron chi connectivity index (χ4n) is 2.19. The molecule has 2 heterocycles. The van der Waals surface area contributed by atoms with Gasteiger partial charge in [-0.05, 0) is 24.3 Å². The third-order valence-corrected chi connectivity index (χ3v) is 4.08. The maximum Gasteiger partial charge on any atom is 0.409 e. The molecule has 0 radical (unpaired) electrons. The lowest BCUT2D eigenvalue weighted by Gasteiger charge is -2.31. The number of likely N-dealkylation sites (tertiary alicyclic amines) is 1. The van der Waals surface area contributed by atoms with Gasteiger partial charge in [0.15, 0.2) is 0 Å². The molecule has 0 aromatic carbocycles. The van der Waals surface area contributed by atoms with Crippen LogP contribution in [0.1, 0.15) is 17.7 Å². The van der Waals surface area contributed by atoms with Crippen LogP contribution in [0.5, 0.6) is 0 Å². The Labute approximate surface area is 116 Å². The fraction of sp³-hybridized carbons (Fsp3) is 0.538. The van der Waals surface area contributed by atoms with E-state index in [1.54, 1.807) is 16.2 Å². The summed E-state index contributed by atoms with van der Waals surface area (Å²) in [4.78, 5) is 25.9. The molecule has 0 saturated carbocycles. The predicted octanol–water partition coefficient (Wildman–Crippen LogP) is 1.64. The Morgan fingerprint density at radius 3 is 2.79 bits per heavy atom. The predicted molar refractivity (Wildman–Crippen MR) is 73.2 cm³/mol. The fourth-order valence-corrected chi connectivity index (χ4v) is 2.89. The molecule has 5 nitrogen and oxygen atoms in total. The molecule has 19 heavy (non-hydrogen) atoms. The van der Waals surface area contributed by atoms with Crippen molar-refractivity contribution in [2.75, 3.05) is 20.2 Å². The zero-order valence-electron chi connectivity index (χ0n) is 10.9. The van der Waals surface area contributed by atoms with E-state index < -0.39 is 0 Å². The topological polar surface area (TPSA) is 58.6 Å². The van der Waals surface area contributed by atoms with Crippen LogP contribution in [-0.4, -0.2) is 43.1 Å². The van der Waals surface area contributed by atoms with Gasteiger partial charge in [0.25, 0.3) is 0 Å². The van der Waals surface area contributed by atoms with Crippen molar-refractivity contribution < 1.29 is 14.3 Å². The van der Waals surface area contributed by atoms with Crippen LogP contribution in [0.3, 0.4) is 0 Å². The van der Waals surface area contributed by atoms with Crippen LogP contribution in [0.4, 0.5) is 4.79 Å². The van der Waals surface area contributed by atoms with Crippen molar-refractivity contribution in [3.05, 3.63) is 22.4 Å². The maximum atomic E-state index is 11.8. The van der Waals surface area contributed by atoms with Gasteiger partial charge in [-0.1, -0.05) is 6.07 Å². The minimum absolute atomic E-state index is 0.0546. The lowest BCUT2D eigenvalue weighted by molar-refractivity contribution is -0.121. The van der Waals surface area contributed by atoms with E-state index in [0.29, 0.717) is 19.5 Å². The largest absolute Gasteiger partial charge is 0.453 e. The quantitative estimate of drug-likeness (QED) is 0.917. The second kappa shape index (κ2) is 6.56. The molecule has 1 aliphatic rings. The summed E-state index contributed by atoms with van der Waals surface area (Å²) in [7, 11) is 1.39. The van der Waals surface area contributed by atoms with E-state index in [9.17, 15) is 9.59 Å². The summed E-state index contributed by atoms with van der Waals surface area (Å²) in [5.41, 5.74) is 0. The van der Waals surface area contributed by atoms with E-state index in [1.807, 2.05) is 17.5 Å². The zero-order valence-corrected chi connectivity index (χ0v) is 11.7. The van der Waals surface area contributed by atoms with E-state index in [1.165, 1.54) is 7.11 Å². The minimum atomic E-state index is -0.289. The summed E-state index contributed by atoms with van der Waals surface area (Å²) in [6.07, 6.45) is 1.72. The smallest absolute Gasteiger partial charge is 0.409 e. The van der Waals surface area contributed by atoms with E-state index >= 15 is 0 Å². The number of hydrogen-bond donors (Lipinski definition) is 1. The number of nitrogens with zero attached hydrogens (tertiary/aromatic N) is 1. The number of nitrogens with one attached hydrogen (secondary N) is 1. The minimum Gasteiger partial charge on any atom is -0.453 e. The summed E-state index contributed by atoms with van der Waals surface area (Å²) in [5, 5.41) is 4.99. The van der Waals surface area contributed by atoms with Crippen LogP contribution in [0, 0.1) is 0 Å². The first kappa shape index (κ1) is 13.9. The van der Waals surface area contributed by atoms with Crippen molar-refractivity contribution in [2.24, 2.45) is 0 Å². The summed E-state index contributed by atoms with van der Waals surface area (Å²) in [6, 6.07) is 4.07. The molecule has 1 aromatic heterocycles. The molecule has 2 amide bonds. The molecule has 104 valence electrons. The molecule has 0 spiro atoms. The molecular formula is C13H18N2O3S. The van der Waals surface area contributed by atoms with Crippen molar-refractivity contribution >= 4 is 23.3 Å². The first-order valence-electron chi connectivity index (χ1n) is 6.33. The molecule has 2 rings (SSSR count). The van der Waals surface area contributed by atoms with E-state index in [-0.39, 0.29) is 18.0 Å². The van der Waals surface area contributed by atoms with Gasteiger partial charge in [-0.15, -0.1) is 11.3 Å². The molecule has 0 atom stereocenters. The average Bonchev–Trinajstić information content (AvgIpc) is 2.91. The van der Waals surface area contributed by atoms with Gasteiger partial charge in [0, 0.05) is 24.0 Å². The Kier molecular flexibility index (Phi) is 4.79. The van der Waals surface area contributed by atoms with Gasteiger partial charge in [-0.2, -0.15) is 0 Å². The van der Waals surface area contributed by atoms with Gasteiger partial charge < -0.3 is 15.0 Å². The van der Waals surface area contributed by atoms with Gasteiger partial charge in [0.05, 0.1) is 13.5 Å². The highest BCUT2D eigenvalue weighted by molar-refractivity contribution is 7.10. The highest BCUT2D eigenvalue weighted by Gasteiger charge is 2.24. The highest BCUT2D eigenvalue weighted by Crippen LogP contribution is 2.13. The SMILES string of the molecule is COC(=O)N1CCC(NC(=O)Cc2cccs2)CC1. The first-order valence-corrected chi connectivity index (χ1v) is 7.21. The number of carbonyl (C=O) groups is 2. The van der Waals surface area contributed by atoms with Crippen LogP contribution in [0.2, 0.25) is 0 Å². The van der Waals surface area contributed by atoms with Gasteiger partial charge >= 0.3 is 6.09 Å². The number of thiophene rings is 1. The molecule has 0 unspecified atom stereocenters. The van der Waals surface area contributed by atoms with Crippen molar-refractivity contribution in [3.8, 4) is 0 Å². The van der Waals surface area contributed by atoms with Crippen LogP contribution >= 0.6 is 11.3 Å². The lowest BCUT2D eigenvalue weighted by atomic mass is 10.1. The van der Waals surface area contributed by atoms with E-state index in [4.69, 9.17) is 0 Å². The Balaban J connectivity index is 1.73. The second-order valence-electron chi connectivity index (χ2n) is 4.56. The summed E-state index contributed by atoms with van der Waals surface area (Å²) in [5.74, 6) is 0.0546. The Hall–Kier alpha value is -1.56. The average molecular weight is 282 g/mol. The number of carbonyl (C=O) groups excluding carboxylic acids is 2. The second-order valence-corrected chi connectivity index (χ2v) is 5.59. The van der Waals surface area contributed by atoms with Gasteiger partial charge in [-0.25, -0.2) is 4.79 Å². The Morgan fingerprint density at radius 2 is 2.21 bits per heavy atom. The van der Waals surface area contributed by atoms with Crippen molar-refractivity contribution in [1.29, 1.82) is 0 Å². The summed E-state index contributed by atoms with van der Waals surface area (Å²) >= 11 is 1.59. The number of piperidine rings is 1. The van der Waals surface area contributed by atoms with E-state index in [2.05, 4.69) is 10.1 Å². The third-order valence-electron chi connectivity index (χ3n) is 3.21. The monoisotopic (exact) mass is 282 g/mol. The molecule has 1 N–H and O–H groups in total. The summed E-state index contributed by atoms with van der Waals surface area (Å²) < 4.78 is 4.68. The number of ether oxygens (including phenoxy) is 1. The normalized spacial score (nSPS) is 16.2. The summed E-state index contributed by atoms with van der Waals surface area (Å²) in [6.45, 7) is 1.27. The molecule has 1 saturated heterocycles. The molecule has 0 bridgehead atoms. The highest BCUT2D eigenvalue weighted by atomic mass is 32.1. The first-order chi connectivity index (χ1) is 9.19. The lowest BCUT2D eigenvalue weighted by Crippen LogP contribution is -2.46. The van der Waals surface area contributed by atoms with Gasteiger partial charge in [0.2, 0.25) is 5.91 Å². The zero-order chi connectivity index (χ0) is 13.7. The third kappa shape index (κ3) is 3.96. The van der Waals surface area contributed by atoms with Crippen molar-refractivity contribution in [3.63, 3.8) is 0 Å². The van der Waals surface area contributed by atoms with E-state index in [0.717, 1.165) is 17.7 Å².